The van der Waals surface area contributed by atoms with Crippen molar-refractivity contribution in [3.05, 3.63) is 65.6 Å². The van der Waals surface area contributed by atoms with Gasteiger partial charge < -0.3 is 15.6 Å². The summed E-state index contributed by atoms with van der Waals surface area (Å²) in [5.74, 6) is -0.191. The van der Waals surface area contributed by atoms with Gasteiger partial charge in [0.2, 0.25) is 11.8 Å². The minimum absolute atomic E-state index is 0.0476. The van der Waals surface area contributed by atoms with E-state index in [-0.39, 0.29) is 28.6 Å². The Bertz CT molecular complexity index is 1050. The van der Waals surface area contributed by atoms with Crippen molar-refractivity contribution in [2.75, 3.05) is 17.6 Å². The summed E-state index contributed by atoms with van der Waals surface area (Å²) in [6, 6.07) is 12.4. The highest BCUT2D eigenvalue weighted by Crippen LogP contribution is 2.27. The Kier molecular flexibility index (Phi) is 5.85. The van der Waals surface area contributed by atoms with E-state index in [1.54, 1.807) is 6.07 Å². The number of H-pyrrole nitrogens is 1. The van der Waals surface area contributed by atoms with Gasteiger partial charge in [-0.1, -0.05) is 18.2 Å². The Hall–Kier alpha value is -2.80. The van der Waals surface area contributed by atoms with Crippen molar-refractivity contribution >= 4 is 40.2 Å². The normalized spacial score (nSPS) is 16.2. The third-order valence-electron chi connectivity index (χ3n) is 5.11. The van der Waals surface area contributed by atoms with Crippen LogP contribution in [0.2, 0.25) is 0 Å². The van der Waals surface area contributed by atoms with Crippen LogP contribution in [0.1, 0.15) is 17.5 Å². The first-order valence-electron chi connectivity index (χ1n) is 9.63. The van der Waals surface area contributed by atoms with Gasteiger partial charge in [-0.3, -0.25) is 9.59 Å². The first-order valence-corrected chi connectivity index (χ1v) is 10.7. The summed E-state index contributed by atoms with van der Waals surface area (Å²) in [6.45, 7) is 0.463. The van der Waals surface area contributed by atoms with E-state index in [0.717, 1.165) is 34.1 Å². The Balaban J connectivity index is 1.25. The van der Waals surface area contributed by atoms with Gasteiger partial charge in [0.05, 0.1) is 11.0 Å². The lowest BCUT2D eigenvalue weighted by Gasteiger charge is -2.12. The molecular weight excluding hydrogens is 389 g/mol. The SMILES string of the molecule is O=C(CSC1CCc2ccccc2NC1=O)NCCc1c[nH]c2ccc(F)cc12. The van der Waals surface area contributed by atoms with Crippen LogP contribution >= 0.6 is 11.8 Å². The molecule has 0 spiro atoms. The number of thioether (sulfide) groups is 1. The summed E-state index contributed by atoms with van der Waals surface area (Å²) in [4.78, 5) is 27.7. The van der Waals surface area contributed by atoms with Crippen LogP contribution in [-0.4, -0.2) is 34.3 Å². The minimum atomic E-state index is -0.275. The summed E-state index contributed by atoms with van der Waals surface area (Å²) >= 11 is 1.37. The van der Waals surface area contributed by atoms with E-state index in [1.807, 2.05) is 30.5 Å². The number of aromatic amines is 1. The number of rotatable bonds is 6. The number of carbonyl (C=O) groups is 2. The highest BCUT2D eigenvalue weighted by molar-refractivity contribution is 8.01. The number of anilines is 1. The molecule has 0 bridgehead atoms. The number of halogens is 1. The van der Waals surface area contributed by atoms with E-state index in [1.165, 1.54) is 23.9 Å². The van der Waals surface area contributed by atoms with Crippen molar-refractivity contribution in [3.63, 3.8) is 0 Å². The van der Waals surface area contributed by atoms with Crippen LogP contribution in [0, 0.1) is 5.82 Å². The summed E-state index contributed by atoms with van der Waals surface area (Å²) < 4.78 is 13.5. The molecule has 2 aromatic carbocycles. The molecule has 1 aromatic heterocycles. The Morgan fingerprint density at radius 1 is 1.24 bits per heavy atom. The Morgan fingerprint density at radius 2 is 2.10 bits per heavy atom. The van der Waals surface area contributed by atoms with Crippen LogP contribution in [0.3, 0.4) is 0 Å². The van der Waals surface area contributed by atoms with E-state index in [2.05, 4.69) is 15.6 Å². The van der Waals surface area contributed by atoms with Gasteiger partial charge in [0, 0.05) is 29.3 Å². The van der Waals surface area contributed by atoms with Gasteiger partial charge in [0.1, 0.15) is 5.82 Å². The summed E-state index contributed by atoms with van der Waals surface area (Å²) in [5.41, 5.74) is 3.83. The molecule has 1 atom stereocenters. The summed E-state index contributed by atoms with van der Waals surface area (Å²) in [6.07, 6.45) is 3.98. The zero-order chi connectivity index (χ0) is 20.2. The maximum atomic E-state index is 13.5. The molecule has 0 fully saturated rings. The molecule has 2 heterocycles. The number of aromatic nitrogens is 1. The quantitative estimate of drug-likeness (QED) is 0.580. The fourth-order valence-electron chi connectivity index (χ4n) is 3.57. The van der Waals surface area contributed by atoms with Gasteiger partial charge in [-0.05, 0) is 54.7 Å². The van der Waals surface area contributed by atoms with Crippen molar-refractivity contribution in [1.29, 1.82) is 0 Å². The predicted octanol–water partition coefficient (Wildman–Crippen LogP) is 3.65. The van der Waals surface area contributed by atoms with Gasteiger partial charge in [0.25, 0.3) is 0 Å². The molecule has 0 radical (unpaired) electrons. The lowest BCUT2D eigenvalue weighted by molar-refractivity contribution is -0.118. The molecule has 3 aromatic rings. The average Bonchev–Trinajstić information content (AvgIpc) is 3.02. The first-order chi connectivity index (χ1) is 14.1. The van der Waals surface area contributed by atoms with E-state index in [4.69, 9.17) is 0 Å². The van der Waals surface area contributed by atoms with E-state index >= 15 is 0 Å². The second kappa shape index (κ2) is 8.69. The maximum absolute atomic E-state index is 13.5. The fourth-order valence-corrected chi connectivity index (χ4v) is 4.52. The molecule has 0 aliphatic carbocycles. The van der Waals surface area contributed by atoms with Gasteiger partial charge in [0.15, 0.2) is 0 Å². The molecule has 29 heavy (non-hydrogen) atoms. The fraction of sp³-hybridized carbons (Fsp3) is 0.273. The topological polar surface area (TPSA) is 74.0 Å². The largest absolute Gasteiger partial charge is 0.361 e. The molecular formula is C22H22FN3O2S. The lowest BCUT2D eigenvalue weighted by atomic mass is 10.1. The van der Waals surface area contributed by atoms with Crippen molar-refractivity contribution in [2.45, 2.75) is 24.5 Å². The van der Waals surface area contributed by atoms with Crippen molar-refractivity contribution in [1.82, 2.24) is 10.3 Å². The molecule has 0 saturated heterocycles. The number of amides is 2. The minimum Gasteiger partial charge on any atom is -0.361 e. The smallest absolute Gasteiger partial charge is 0.237 e. The Morgan fingerprint density at radius 3 is 3.00 bits per heavy atom. The van der Waals surface area contributed by atoms with Gasteiger partial charge in [-0.15, -0.1) is 11.8 Å². The molecule has 7 heteroatoms. The second-order valence-electron chi connectivity index (χ2n) is 7.09. The van der Waals surface area contributed by atoms with Crippen molar-refractivity contribution in [2.24, 2.45) is 0 Å². The van der Waals surface area contributed by atoms with Crippen molar-refractivity contribution in [3.8, 4) is 0 Å². The highest BCUT2D eigenvalue weighted by Gasteiger charge is 2.24. The Labute approximate surface area is 172 Å². The van der Waals surface area contributed by atoms with E-state index < -0.39 is 0 Å². The van der Waals surface area contributed by atoms with Crippen molar-refractivity contribution < 1.29 is 14.0 Å². The zero-order valence-electron chi connectivity index (χ0n) is 15.8. The number of fused-ring (bicyclic) bond motifs is 2. The average molecular weight is 412 g/mol. The predicted molar refractivity (Wildman–Crippen MR) is 115 cm³/mol. The molecule has 150 valence electrons. The number of hydrogen-bond acceptors (Lipinski definition) is 3. The van der Waals surface area contributed by atoms with Crippen LogP contribution < -0.4 is 10.6 Å². The monoisotopic (exact) mass is 411 g/mol. The van der Waals surface area contributed by atoms with Crippen LogP contribution in [0.15, 0.2) is 48.7 Å². The molecule has 2 amide bonds. The third kappa shape index (κ3) is 4.62. The van der Waals surface area contributed by atoms with Crippen LogP contribution in [0.5, 0.6) is 0 Å². The summed E-state index contributed by atoms with van der Waals surface area (Å²) in [5, 5.41) is 6.43. The molecule has 1 aliphatic rings. The van der Waals surface area contributed by atoms with Gasteiger partial charge in [-0.2, -0.15) is 0 Å². The standard InChI is InChI=1S/C22H22FN3O2S/c23-16-6-7-19-17(11-16)15(12-25-19)9-10-24-21(27)13-29-20-8-5-14-3-1-2-4-18(14)26-22(20)28/h1-4,6-7,11-12,20,25H,5,8-10,13H2,(H,24,27)(H,26,28). The first kappa shape index (κ1) is 19.5. The van der Waals surface area contributed by atoms with Gasteiger partial charge in [-0.25, -0.2) is 4.39 Å². The number of hydrogen-bond donors (Lipinski definition) is 3. The number of carbonyl (C=O) groups excluding carboxylic acids is 2. The zero-order valence-corrected chi connectivity index (χ0v) is 16.7. The molecule has 0 saturated carbocycles. The number of para-hydroxylation sites is 1. The molecule has 5 nitrogen and oxygen atoms in total. The second-order valence-corrected chi connectivity index (χ2v) is 8.28. The third-order valence-corrected chi connectivity index (χ3v) is 6.39. The van der Waals surface area contributed by atoms with Gasteiger partial charge >= 0.3 is 0 Å². The lowest BCUT2D eigenvalue weighted by Crippen LogP contribution is -2.30. The molecule has 4 rings (SSSR count). The maximum Gasteiger partial charge on any atom is 0.237 e. The molecule has 3 N–H and O–H groups in total. The number of nitrogens with one attached hydrogen (secondary N) is 3. The summed E-state index contributed by atoms with van der Waals surface area (Å²) in [7, 11) is 0. The van der Waals surface area contributed by atoms with Crippen LogP contribution in [-0.2, 0) is 22.4 Å². The number of benzene rings is 2. The van der Waals surface area contributed by atoms with Crippen LogP contribution in [0.4, 0.5) is 10.1 Å². The molecule has 1 aliphatic heterocycles. The van der Waals surface area contributed by atoms with E-state index in [9.17, 15) is 14.0 Å². The highest BCUT2D eigenvalue weighted by atomic mass is 32.2. The number of aryl methyl sites for hydroxylation is 1. The van der Waals surface area contributed by atoms with Crippen LogP contribution in [0.25, 0.3) is 10.9 Å². The van der Waals surface area contributed by atoms with E-state index in [0.29, 0.717) is 19.4 Å². The molecule has 1 unspecified atom stereocenters.